The first-order valence-electron chi connectivity index (χ1n) is 5.08. The number of hydrogen-bond acceptors (Lipinski definition) is 2. The van der Waals surface area contributed by atoms with Gasteiger partial charge in [0.2, 0.25) is 4.90 Å². The summed E-state index contributed by atoms with van der Waals surface area (Å²) in [5.74, 6) is 0.130. The Morgan fingerprint density at radius 3 is 2.62 bits per heavy atom. The lowest BCUT2D eigenvalue weighted by atomic mass is 10.0. The van der Waals surface area contributed by atoms with E-state index in [1.165, 1.54) is 0 Å². The van der Waals surface area contributed by atoms with Crippen molar-refractivity contribution in [3.8, 4) is 5.75 Å². The molecule has 2 aromatic carbocycles. The average molecular weight is 230 g/mol. The number of phenols is 1. The fourth-order valence-corrected chi connectivity index (χ4v) is 3.51. The van der Waals surface area contributed by atoms with Crippen LogP contribution >= 0.6 is 0 Å². The van der Waals surface area contributed by atoms with Gasteiger partial charge in [-0.15, -0.1) is 0 Å². The molecule has 0 saturated carbocycles. The van der Waals surface area contributed by atoms with E-state index in [9.17, 15) is 9.66 Å². The largest absolute Gasteiger partial charge is 0.606 e. The normalized spacial score (nSPS) is 17.7. The van der Waals surface area contributed by atoms with Crippen LogP contribution < -0.4 is 0 Å². The van der Waals surface area contributed by atoms with Crippen LogP contribution in [0, 0.1) is 0 Å². The first kappa shape index (κ1) is 9.75. The fraction of sp³-hybridized carbons (Fsp3) is 0.0769. The second-order valence-corrected chi connectivity index (χ2v) is 5.20. The van der Waals surface area contributed by atoms with Crippen LogP contribution in [0.15, 0.2) is 52.3 Å². The Bertz CT molecular complexity index is 551. The zero-order chi connectivity index (χ0) is 11.1. The predicted molar refractivity (Wildman–Crippen MR) is 62.0 cm³/mol. The third kappa shape index (κ3) is 1.32. The highest BCUT2D eigenvalue weighted by Gasteiger charge is 2.30. The molecule has 1 unspecified atom stereocenters. The maximum atomic E-state index is 12.3. The lowest BCUT2D eigenvalue weighted by Crippen LogP contribution is -2.14. The lowest BCUT2D eigenvalue weighted by molar-refractivity contribution is 0.456. The van der Waals surface area contributed by atoms with Gasteiger partial charge in [-0.1, -0.05) is 30.3 Å². The molecule has 3 rings (SSSR count). The van der Waals surface area contributed by atoms with E-state index in [1.807, 2.05) is 30.3 Å². The monoisotopic (exact) mass is 230 g/mol. The Kier molecular flexibility index (Phi) is 2.16. The maximum absolute atomic E-state index is 12.3. The molecule has 0 aliphatic carbocycles. The molecule has 1 N–H and O–H groups in total. The Balaban J connectivity index is 2.23. The number of benzene rings is 2. The van der Waals surface area contributed by atoms with Crippen molar-refractivity contribution in [2.24, 2.45) is 0 Å². The van der Waals surface area contributed by atoms with Gasteiger partial charge in [0.25, 0.3) is 0 Å². The minimum atomic E-state index is -1.25. The molecule has 1 heterocycles. The number of rotatable bonds is 0. The molecule has 3 heteroatoms. The van der Waals surface area contributed by atoms with Gasteiger partial charge in [-0.25, -0.2) is 0 Å². The molecule has 2 nitrogen and oxygen atoms in total. The molecule has 16 heavy (non-hydrogen) atoms. The summed E-state index contributed by atoms with van der Waals surface area (Å²) in [5.41, 5.74) is 2.04. The molecular weight excluding hydrogens is 220 g/mol. The summed E-state index contributed by atoms with van der Waals surface area (Å²) in [7, 11) is 0. The highest BCUT2D eigenvalue weighted by Crippen LogP contribution is 2.38. The molecule has 1 atom stereocenters. The number of phenolic OH excluding ortho intramolecular Hbond substituents is 1. The molecule has 0 spiro atoms. The van der Waals surface area contributed by atoms with Gasteiger partial charge in [0, 0.05) is 28.7 Å². The van der Waals surface area contributed by atoms with Gasteiger partial charge < -0.3 is 9.66 Å². The van der Waals surface area contributed by atoms with Crippen LogP contribution in [0.3, 0.4) is 0 Å². The van der Waals surface area contributed by atoms with Gasteiger partial charge in [-0.2, -0.15) is 0 Å². The van der Waals surface area contributed by atoms with Crippen LogP contribution in [-0.4, -0.2) is 9.66 Å². The van der Waals surface area contributed by atoms with Gasteiger partial charge >= 0.3 is 0 Å². The Morgan fingerprint density at radius 1 is 1.00 bits per heavy atom. The van der Waals surface area contributed by atoms with E-state index in [2.05, 4.69) is 0 Å². The molecule has 0 saturated heterocycles. The quantitative estimate of drug-likeness (QED) is 0.706. The van der Waals surface area contributed by atoms with E-state index in [0.717, 1.165) is 22.4 Å². The molecule has 0 aromatic heterocycles. The molecule has 1 aliphatic heterocycles. The molecule has 1 aliphatic rings. The van der Waals surface area contributed by atoms with Crippen molar-refractivity contribution in [1.29, 1.82) is 0 Å². The van der Waals surface area contributed by atoms with Crippen molar-refractivity contribution in [3.05, 3.63) is 53.6 Å². The van der Waals surface area contributed by atoms with Crippen molar-refractivity contribution < 1.29 is 9.66 Å². The van der Waals surface area contributed by atoms with Gasteiger partial charge in [0.15, 0.2) is 10.6 Å². The van der Waals surface area contributed by atoms with E-state index in [0.29, 0.717) is 4.90 Å². The maximum Gasteiger partial charge on any atom is 0.203 e. The molecular formula is C13H10O2S. The predicted octanol–water partition coefficient (Wildman–Crippen LogP) is 2.46. The highest BCUT2D eigenvalue weighted by molar-refractivity contribution is 7.91. The molecule has 0 bridgehead atoms. The second kappa shape index (κ2) is 3.54. The number of hydrogen-bond donors (Lipinski definition) is 1. The van der Waals surface area contributed by atoms with Crippen LogP contribution in [0.25, 0.3) is 0 Å². The summed E-state index contributed by atoms with van der Waals surface area (Å²) in [6.07, 6.45) is 0.742. The lowest BCUT2D eigenvalue weighted by Gasteiger charge is -2.21. The van der Waals surface area contributed by atoms with Crippen molar-refractivity contribution in [2.45, 2.75) is 16.2 Å². The fourth-order valence-electron chi connectivity index (χ4n) is 2.07. The van der Waals surface area contributed by atoms with Gasteiger partial charge in [-0.3, -0.25) is 0 Å². The zero-order valence-corrected chi connectivity index (χ0v) is 9.33. The van der Waals surface area contributed by atoms with Gasteiger partial charge in [-0.05, 0) is 12.1 Å². The minimum absolute atomic E-state index is 0.130. The summed E-state index contributed by atoms with van der Waals surface area (Å²) in [4.78, 5) is 1.39. The van der Waals surface area contributed by atoms with Crippen molar-refractivity contribution in [2.75, 3.05) is 0 Å². The Hall–Kier alpha value is -1.45. The first-order chi connectivity index (χ1) is 7.77. The third-order valence-electron chi connectivity index (χ3n) is 2.81. The van der Waals surface area contributed by atoms with E-state index < -0.39 is 11.2 Å². The van der Waals surface area contributed by atoms with Gasteiger partial charge in [0.05, 0.1) is 0 Å². The average Bonchev–Trinajstić information content (AvgIpc) is 2.29. The van der Waals surface area contributed by atoms with E-state index in [-0.39, 0.29) is 5.75 Å². The summed E-state index contributed by atoms with van der Waals surface area (Å²) >= 11 is -1.25. The summed E-state index contributed by atoms with van der Waals surface area (Å²) < 4.78 is 12.3. The number of aromatic hydroxyl groups is 1. The van der Waals surface area contributed by atoms with Crippen LogP contribution in [0.4, 0.5) is 0 Å². The zero-order valence-electron chi connectivity index (χ0n) is 8.51. The SMILES string of the molecule is [O-][S+]1c2ccccc2Cc2cccc(O)c21. The van der Waals surface area contributed by atoms with Crippen LogP contribution in [0.2, 0.25) is 0 Å². The van der Waals surface area contributed by atoms with Gasteiger partial charge in [0.1, 0.15) is 0 Å². The summed E-state index contributed by atoms with van der Waals surface area (Å²) in [6, 6.07) is 13.0. The first-order valence-corrected chi connectivity index (χ1v) is 6.23. The highest BCUT2D eigenvalue weighted by atomic mass is 32.2. The molecule has 0 radical (unpaired) electrons. The molecule has 0 fully saturated rings. The standard InChI is InChI=1S/C13H10O2S/c14-11-6-3-5-10-8-9-4-1-2-7-12(9)16(15)13(10)11/h1-7,14H,8H2. The van der Waals surface area contributed by atoms with Crippen LogP contribution in [0.5, 0.6) is 5.75 Å². The second-order valence-electron chi connectivity index (χ2n) is 3.82. The summed E-state index contributed by atoms with van der Waals surface area (Å²) in [6.45, 7) is 0. The van der Waals surface area contributed by atoms with Crippen LogP contribution in [-0.2, 0) is 17.6 Å². The third-order valence-corrected chi connectivity index (χ3v) is 4.45. The minimum Gasteiger partial charge on any atom is -0.606 e. The summed E-state index contributed by atoms with van der Waals surface area (Å²) in [5, 5.41) is 9.76. The number of fused-ring (bicyclic) bond motifs is 2. The van der Waals surface area contributed by atoms with E-state index in [4.69, 9.17) is 0 Å². The van der Waals surface area contributed by atoms with Crippen molar-refractivity contribution in [3.63, 3.8) is 0 Å². The Morgan fingerprint density at radius 2 is 1.75 bits per heavy atom. The van der Waals surface area contributed by atoms with Crippen LogP contribution in [0.1, 0.15) is 11.1 Å². The Labute approximate surface area is 96.7 Å². The van der Waals surface area contributed by atoms with E-state index in [1.54, 1.807) is 12.1 Å². The van der Waals surface area contributed by atoms with Crippen molar-refractivity contribution >= 4 is 11.2 Å². The molecule has 80 valence electrons. The smallest absolute Gasteiger partial charge is 0.203 e. The van der Waals surface area contributed by atoms with Crippen molar-refractivity contribution in [1.82, 2.24) is 0 Å². The van der Waals surface area contributed by atoms with E-state index >= 15 is 0 Å². The molecule has 0 amide bonds. The molecule has 2 aromatic rings. The topological polar surface area (TPSA) is 43.3 Å².